The smallest absolute Gasteiger partial charge is 0.234 e. The van der Waals surface area contributed by atoms with Gasteiger partial charge < -0.3 is 14.6 Å². The third-order valence-corrected chi connectivity index (χ3v) is 5.79. The van der Waals surface area contributed by atoms with Gasteiger partial charge in [0, 0.05) is 24.7 Å². The lowest BCUT2D eigenvalue weighted by atomic mass is 10.2. The molecule has 3 rings (SSSR count). The Balaban J connectivity index is 1.45. The summed E-state index contributed by atoms with van der Waals surface area (Å²) in [5, 5.41) is 12.8. The summed E-state index contributed by atoms with van der Waals surface area (Å²) in [5.74, 6) is 1.67. The number of amides is 1. The lowest BCUT2D eigenvalue weighted by molar-refractivity contribution is -0.113. The molecule has 10 heteroatoms. The van der Waals surface area contributed by atoms with Crippen LogP contribution in [0.1, 0.15) is 17.8 Å². The molecule has 1 amide bonds. The van der Waals surface area contributed by atoms with Gasteiger partial charge in [-0.2, -0.15) is 0 Å². The average molecular weight is 466 g/mol. The van der Waals surface area contributed by atoms with Gasteiger partial charge in [-0.3, -0.25) is 4.79 Å². The second-order valence-electron chi connectivity index (χ2n) is 6.50. The molecule has 0 aliphatic heterocycles. The van der Waals surface area contributed by atoms with Crippen molar-refractivity contribution in [3.8, 4) is 5.75 Å². The predicted octanol–water partition coefficient (Wildman–Crippen LogP) is 4.57. The Labute approximate surface area is 189 Å². The normalized spacial score (nSPS) is 10.8. The molecule has 158 valence electrons. The quantitative estimate of drug-likeness (QED) is 0.283. The van der Waals surface area contributed by atoms with E-state index >= 15 is 0 Å². The lowest BCUT2D eigenvalue weighted by Gasteiger charge is -2.09. The van der Waals surface area contributed by atoms with E-state index in [1.54, 1.807) is 18.3 Å². The second kappa shape index (κ2) is 10.7. The van der Waals surface area contributed by atoms with Crippen LogP contribution in [0.15, 0.2) is 41.7 Å². The molecule has 2 heterocycles. The third kappa shape index (κ3) is 6.10. The minimum Gasteiger partial charge on any atom is -0.493 e. The SMILES string of the molecule is Cc1cc(Cl)ccc1OCCCc1nnc(SCC(=O)Nc2cccnc2Cl)n1C. The van der Waals surface area contributed by atoms with Crippen LogP contribution in [-0.4, -0.2) is 38.0 Å². The van der Waals surface area contributed by atoms with E-state index in [9.17, 15) is 4.79 Å². The van der Waals surface area contributed by atoms with Crippen molar-refractivity contribution in [1.29, 1.82) is 0 Å². The Bertz CT molecular complexity index is 1030. The van der Waals surface area contributed by atoms with Crippen LogP contribution in [-0.2, 0) is 18.3 Å². The molecule has 0 radical (unpaired) electrons. The Kier molecular flexibility index (Phi) is 7.95. The minimum absolute atomic E-state index is 0.189. The zero-order valence-electron chi connectivity index (χ0n) is 16.6. The van der Waals surface area contributed by atoms with Crippen molar-refractivity contribution in [3.05, 3.63) is 58.1 Å². The number of benzene rings is 1. The molecule has 30 heavy (non-hydrogen) atoms. The number of carbonyl (C=O) groups is 1. The van der Waals surface area contributed by atoms with Crippen LogP contribution in [0.3, 0.4) is 0 Å². The number of pyridine rings is 1. The summed E-state index contributed by atoms with van der Waals surface area (Å²) in [6, 6.07) is 8.97. The highest BCUT2D eigenvalue weighted by Crippen LogP contribution is 2.22. The highest BCUT2D eigenvalue weighted by Gasteiger charge is 2.12. The highest BCUT2D eigenvalue weighted by atomic mass is 35.5. The molecule has 0 fully saturated rings. The zero-order valence-corrected chi connectivity index (χ0v) is 18.9. The first-order valence-electron chi connectivity index (χ1n) is 9.24. The Morgan fingerprint density at radius 2 is 2.10 bits per heavy atom. The summed E-state index contributed by atoms with van der Waals surface area (Å²) in [6.45, 7) is 2.53. The van der Waals surface area contributed by atoms with E-state index < -0.39 is 0 Å². The van der Waals surface area contributed by atoms with Crippen molar-refractivity contribution >= 4 is 46.6 Å². The molecule has 0 aliphatic carbocycles. The molecule has 3 aromatic rings. The van der Waals surface area contributed by atoms with Gasteiger partial charge in [-0.25, -0.2) is 4.98 Å². The fourth-order valence-corrected chi connectivity index (χ4v) is 3.79. The third-order valence-electron chi connectivity index (χ3n) is 4.23. The molecule has 1 aromatic carbocycles. The van der Waals surface area contributed by atoms with Gasteiger partial charge >= 0.3 is 0 Å². The Morgan fingerprint density at radius 3 is 2.87 bits per heavy atom. The molecule has 0 saturated carbocycles. The van der Waals surface area contributed by atoms with Crippen LogP contribution in [0.4, 0.5) is 5.69 Å². The fraction of sp³-hybridized carbons (Fsp3) is 0.300. The van der Waals surface area contributed by atoms with E-state index in [0.29, 0.717) is 28.9 Å². The predicted molar refractivity (Wildman–Crippen MR) is 120 cm³/mol. The van der Waals surface area contributed by atoms with Crippen molar-refractivity contribution < 1.29 is 9.53 Å². The van der Waals surface area contributed by atoms with Crippen molar-refractivity contribution in [3.63, 3.8) is 0 Å². The Morgan fingerprint density at radius 1 is 1.27 bits per heavy atom. The van der Waals surface area contributed by atoms with Gasteiger partial charge in [-0.05, 0) is 49.2 Å². The molecule has 0 unspecified atom stereocenters. The number of rotatable bonds is 9. The molecular formula is C20H21Cl2N5O2S. The van der Waals surface area contributed by atoms with Gasteiger partial charge in [-0.15, -0.1) is 10.2 Å². The minimum atomic E-state index is -0.189. The number of ether oxygens (including phenoxy) is 1. The van der Waals surface area contributed by atoms with Gasteiger partial charge in [-0.1, -0.05) is 35.0 Å². The molecule has 0 aliphatic rings. The zero-order chi connectivity index (χ0) is 21.5. The standard InChI is InChI=1S/C20H21Cl2N5O2S/c1-13-11-14(21)7-8-16(13)29-10-4-6-17-25-26-20(27(17)2)30-12-18(28)24-15-5-3-9-23-19(15)22/h3,5,7-9,11H,4,6,10,12H2,1-2H3,(H,24,28). The van der Waals surface area contributed by atoms with Crippen molar-refractivity contribution in [2.75, 3.05) is 17.7 Å². The van der Waals surface area contributed by atoms with Gasteiger partial charge in [0.1, 0.15) is 11.6 Å². The molecule has 0 bridgehead atoms. The summed E-state index contributed by atoms with van der Waals surface area (Å²) >= 11 is 13.2. The number of aryl methyl sites for hydroxylation is 2. The number of hydrogen-bond acceptors (Lipinski definition) is 6. The maximum Gasteiger partial charge on any atom is 0.234 e. The average Bonchev–Trinajstić information content (AvgIpc) is 3.06. The molecule has 0 spiro atoms. The summed E-state index contributed by atoms with van der Waals surface area (Å²) in [6.07, 6.45) is 3.07. The van der Waals surface area contributed by atoms with E-state index in [-0.39, 0.29) is 16.8 Å². The largest absolute Gasteiger partial charge is 0.493 e. The molecule has 0 saturated heterocycles. The van der Waals surface area contributed by atoms with Gasteiger partial charge in [0.2, 0.25) is 5.91 Å². The summed E-state index contributed by atoms with van der Waals surface area (Å²) in [7, 11) is 1.89. The molecular weight excluding hydrogens is 445 g/mol. The van der Waals surface area contributed by atoms with Crippen molar-refractivity contribution in [2.24, 2.45) is 7.05 Å². The topological polar surface area (TPSA) is 81.9 Å². The van der Waals surface area contributed by atoms with Crippen LogP contribution in [0, 0.1) is 6.92 Å². The summed E-state index contributed by atoms with van der Waals surface area (Å²) in [5.41, 5.74) is 1.49. The number of nitrogens with zero attached hydrogens (tertiary/aromatic N) is 4. The summed E-state index contributed by atoms with van der Waals surface area (Å²) in [4.78, 5) is 16.1. The van der Waals surface area contributed by atoms with Crippen LogP contribution in [0.5, 0.6) is 5.75 Å². The number of anilines is 1. The molecule has 2 aromatic heterocycles. The molecule has 7 nitrogen and oxygen atoms in total. The van der Waals surface area contributed by atoms with Crippen LogP contribution >= 0.6 is 35.0 Å². The number of aromatic nitrogens is 4. The van der Waals surface area contributed by atoms with E-state index in [0.717, 1.165) is 23.6 Å². The number of nitrogens with one attached hydrogen (secondary N) is 1. The van der Waals surface area contributed by atoms with Crippen LogP contribution < -0.4 is 10.1 Å². The van der Waals surface area contributed by atoms with Crippen molar-refractivity contribution in [1.82, 2.24) is 19.7 Å². The maximum absolute atomic E-state index is 12.1. The Hall–Kier alpha value is -2.29. The van der Waals surface area contributed by atoms with Crippen LogP contribution in [0.2, 0.25) is 10.2 Å². The van der Waals surface area contributed by atoms with E-state index in [1.807, 2.05) is 36.7 Å². The number of hydrogen-bond donors (Lipinski definition) is 1. The van der Waals surface area contributed by atoms with Gasteiger partial charge in [0.05, 0.1) is 18.0 Å². The monoisotopic (exact) mass is 465 g/mol. The lowest BCUT2D eigenvalue weighted by Crippen LogP contribution is -2.15. The summed E-state index contributed by atoms with van der Waals surface area (Å²) < 4.78 is 7.71. The van der Waals surface area contributed by atoms with E-state index in [4.69, 9.17) is 27.9 Å². The maximum atomic E-state index is 12.1. The van der Waals surface area contributed by atoms with Gasteiger partial charge in [0.25, 0.3) is 0 Å². The first-order valence-corrected chi connectivity index (χ1v) is 11.0. The van der Waals surface area contributed by atoms with E-state index in [2.05, 4.69) is 20.5 Å². The number of carbonyl (C=O) groups excluding carboxylic acids is 1. The number of thioether (sulfide) groups is 1. The highest BCUT2D eigenvalue weighted by molar-refractivity contribution is 7.99. The first kappa shape index (κ1) is 22.4. The van der Waals surface area contributed by atoms with Gasteiger partial charge in [0.15, 0.2) is 10.3 Å². The fourth-order valence-electron chi connectivity index (χ4n) is 2.67. The first-order chi connectivity index (χ1) is 14.4. The molecule has 0 atom stereocenters. The van der Waals surface area contributed by atoms with Crippen LogP contribution in [0.25, 0.3) is 0 Å². The second-order valence-corrected chi connectivity index (χ2v) is 8.24. The van der Waals surface area contributed by atoms with Crippen molar-refractivity contribution in [2.45, 2.75) is 24.9 Å². The number of halogens is 2. The molecule has 1 N–H and O–H groups in total. The van der Waals surface area contributed by atoms with E-state index in [1.165, 1.54) is 11.8 Å².